The van der Waals surface area contributed by atoms with E-state index in [-0.39, 0.29) is 11.9 Å². The number of nitrogens with zero attached hydrogens (tertiary/aromatic N) is 3. The molecule has 150 valence electrons. The minimum Gasteiger partial charge on any atom is -0.339 e. The third-order valence-corrected chi connectivity index (χ3v) is 7.65. The molecule has 0 aliphatic carbocycles. The number of carbonyl (C=O) groups excluding carboxylic acids is 1. The average Bonchev–Trinajstić information content (AvgIpc) is 2.67. The summed E-state index contributed by atoms with van der Waals surface area (Å²) < 4.78 is 27.0. The zero-order chi connectivity index (χ0) is 19.6. The van der Waals surface area contributed by atoms with Gasteiger partial charge in [0.05, 0.1) is 10.9 Å². The fourth-order valence-corrected chi connectivity index (χ4v) is 5.78. The lowest BCUT2D eigenvalue weighted by Gasteiger charge is -2.41. The highest BCUT2D eigenvalue weighted by molar-refractivity contribution is 7.89. The van der Waals surface area contributed by atoms with Crippen LogP contribution < -0.4 is 0 Å². The smallest absolute Gasteiger partial charge is 0.243 e. The summed E-state index contributed by atoms with van der Waals surface area (Å²) in [4.78, 5) is 17.4. The van der Waals surface area contributed by atoms with Gasteiger partial charge in [-0.2, -0.15) is 4.31 Å². The Morgan fingerprint density at radius 3 is 2.11 bits per heavy atom. The first-order valence-corrected chi connectivity index (χ1v) is 11.3. The molecule has 2 aliphatic rings. The molecule has 1 amide bonds. The molecule has 2 heterocycles. The predicted molar refractivity (Wildman–Crippen MR) is 106 cm³/mol. The fourth-order valence-electron chi connectivity index (χ4n) is 4.34. The summed E-state index contributed by atoms with van der Waals surface area (Å²) in [6, 6.07) is 8.36. The van der Waals surface area contributed by atoms with E-state index in [0.29, 0.717) is 42.9 Å². The van der Waals surface area contributed by atoms with Gasteiger partial charge in [-0.25, -0.2) is 8.42 Å². The van der Waals surface area contributed by atoms with Gasteiger partial charge in [-0.15, -0.1) is 0 Å². The van der Waals surface area contributed by atoms with Crippen LogP contribution in [0.1, 0.15) is 27.2 Å². The molecule has 3 atom stereocenters. The lowest BCUT2D eigenvalue weighted by Crippen LogP contribution is -2.56. The average molecular weight is 394 g/mol. The van der Waals surface area contributed by atoms with Gasteiger partial charge < -0.3 is 4.90 Å². The van der Waals surface area contributed by atoms with Gasteiger partial charge in [0.15, 0.2) is 0 Å². The van der Waals surface area contributed by atoms with E-state index in [1.807, 2.05) is 11.8 Å². The van der Waals surface area contributed by atoms with Gasteiger partial charge in [-0.3, -0.25) is 9.69 Å². The maximum atomic E-state index is 13.0. The number of piperidine rings is 1. The Morgan fingerprint density at radius 2 is 1.56 bits per heavy atom. The molecule has 7 heteroatoms. The minimum absolute atomic E-state index is 0.119. The van der Waals surface area contributed by atoms with Gasteiger partial charge in [0.1, 0.15) is 0 Å². The number of piperazine rings is 1. The van der Waals surface area contributed by atoms with Gasteiger partial charge >= 0.3 is 0 Å². The first-order chi connectivity index (χ1) is 12.8. The summed E-state index contributed by atoms with van der Waals surface area (Å²) in [5, 5.41) is 0. The monoisotopic (exact) mass is 393 g/mol. The molecular formula is C20H31N3O3S. The second-order valence-electron chi connectivity index (χ2n) is 8.12. The highest BCUT2D eigenvalue weighted by Gasteiger charge is 2.34. The molecule has 3 rings (SSSR count). The van der Waals surface area contributed by atoms with E-state index in [1.165, 1.54) is 10.7 Å². The van der Waals surface area contributed by atoms with Crippen molar-refractivity contribution >= 4 is 15.9 Å². The molecule has 2 aliphatic heterocycles. The van der Waals surface area contributed by atoms with Crippen LogP contribution in [0.2, 0.25) is 0 Å². The molecule has 6 nitrogen and oxygen atoms in total. The highest BCUT2D eigenvalue weighted by Crippen LogP contribution is 2.24. The van der Waals surface area contributed by atoms with Gasteiger partial charge in [0.2, 0.25) is 15.9 Å². The minimum atomic E-state index is -3.48. The summed E-state index contributed by atoms with van der Waals surface area (Å²) in [5.41, 5.74) is 0. The summed E-state index contributed by atoms with van der Waals surface area (Å²) in [6.45, 7) is 9.99. The predicted octanol–water partition coefficient (Wildman–Crippen LogP) is 1.89. The molecule has 0 aromatic heterocycles. The summed E-state index contributed by atoms with van der Waals surface area (Å²) in [6.07, 6.45) is 1.22. The molecular weight excluding hydrogens is 362 g/mol. The van der Waals surface area contributed by atoms with Crippen LogP contribution in [0.5, 0.6) is 0 Å². The van der Waals surface area contributed by atoms with E-state index in [2.05, 4.69) is 18.7 Å². The number of hydrogen-bond acceptors (Lipinski definition) is 4. The Bertz CT molecular complexity index is 735. The Balaban J connectivity index is 1.59. The van der Waals surface area contributed by atoms with Crippen molar-refractivity contribution in [2.45, 2.75) is 38.1 Å². The normalized spacial score (nSPS) is 26.7. The van der Waals surface area contributed by atoms with Crippen LogP contribution in [0.25, 0.3) is 0 Å². The van der Waals surface area contributed by atoms with E-state index >= 15 is 0 Å². The third kappa shape index (κ3) is 4.52. The van der Waals surface area contributed by atoms with Crippen molar-refractivity contribution in [3.05, 3.63) is 30.3 Å². The SMILES string of the molecule is C[C@@H]1C[C@H](C)CN([C@H](C)C(=O)N2CCN(S(=O)(=O)c3ccccc3)CC2)C1. The Morgan fingerprint density at radius 1 is 1.00 bits per heavy atom. The first kappa shape index (κ1) is 20.3. The van der Waals surface area contributed by atoms with Crippen molar-refractivity contribution in [1.82, 2.24) is 14.1 Å². The highest BCUT2D eigenvalue weighted by atomic mass is 32.2. The maximum Gasteiger partial charge on any atom is 0.243 e. The second-order valence-corrected chi connectivity index (χ2v) is 10.1. The van der Waals surface area contributed by atoms with Crippen LogP contribution >= 0.6 is 0 Å². The van der Waals surface area contributed by atoms with E-state index in [1.54, 1.807) is 30.3 Å². The molecule has 0 N–H and O–H groups in total. The van der Waals surface area contributed by atoms with Crippen LogP contribution in [0, 0.1) is 11.8 Å². The number of benzene rings is 1. The summed E-state index contributed by atoms with van der Waals surface area (Å²) in [5.74, 6) is 1.33. The molecule has 0 unspecified atom stereocenters. The Kier molecular flexibility index (Phi) is 6.23. The van der Waals surface area contributed by atoms with Crippen molar-refractivity contribution in [2.24, 2.45) is 11.8 Å². The number of hydrogen-bond donors (Lipinski definition) is 0. The topological polar surface area (TPSA) is 60.9 Å². The van der Waals surface area contributed by atoms with Gasteiger partial charge in [-0.1, -0.05) is 32.0 Å². The molecule has 27 heavy (non-hydrogen) atoms. The van der Waals surface area contributed by atoms with Crippen molar-refractivity contribution in [3.8, 4) is 0 Å². The maximum absolute atomic E-state index is 13.0. The summed E-state index contributed by atoms with van der Waals surface area (Å²) >= 11 is 0. The van der Waals surface area contributed by atoms with Crippen LogP contribution in [0.15, 0.2) is 35.2 Å². The van der Waals surface area contributed by atoms with Crippen molar-refractivity contribution < 1.29 is 13.2 Å². The Labute approximate surface area is 163 Å². The number of carbonyl (C=O) groups is 1. The van der Waals surface area contributed by atoms with E-state index in [9.17, 15) is 13.2 Å². The molecule has 0 spiro atoms. The van der Waals surface area contributed by atoms with Gasteiger partial charge in [-0.05, 0) is 37.3 Å². The van der Waals surface area contributed by atoms with Crippen LogP contribution in [-0.4, -0.2) is 73.7 Å². The first-order valence-electron chi connectivity index (χ1n) is 9.87. The third-order valence-electron chi connectivity index (χ3n) is 5.73. The lowest BCUT2D eigenvalue weighted by atomic mass is 9.91. The molecule has 0 saturated carbocycles. The second kappa shape index (κ2) is 8.29. The van der Waals surface area contributed by atoms with Gasteiger partial charge in [0, 0.05) is 39.3 Å². The largest absolute Gasteiger partial charge is 0.339 e. The number of rotatable bonds is 4. The van der Waals surface area contributed by atoms with Crippen molar-refractivity contribution in [3.63, 3.8) is 0 Å². The molecule has 1 aromatic carbocycles. The molecule has 0 bridgehead atoms. The van der Waals surface area contributed by atoms with E-state index in [0.717, 1.165) is 13.1 Å². The summed E-state index contributed by atoms with van der Waals surface area (Å²) in [7, 11) is -3.48. The van der Waals surface area contributed by atoms with Crippen LogP contribution in [0.4, 0.5) is 0 Å². The van der Waals surface area contributed by atoms with Gasteiger partial charge in [0.25, 0.3) is 0 Å². The molecule has 2 saturated heterocycles. The van der Waals surface area contributed by atoms with Crippen molar-refractivity contribution in [1.29, 1.82) is 0 Å². The zero-order valence-electron chi connectivity index (χ0n) is 16.5. The quantitative estimate of drug-likeness (QED) is 0.784. The standard InChI is InChI=1S/C20H31N3O3S/c1-16-13-17(2)15-22(14-16)18(3)20(24)21-9-11-23(12-10-21)27(25,26)19-7-5-4-6-8-19/h4-8,16-18H,9-15H2,1-3H3/t16-,17+,18-/m1/s1. The Hall–Kier alpha value is -1.44. The van der Waals surface area contributed by atoms with Crippen LogP contribution in [-0.2, 0) is 14.8 Å². The lowest BCUT2D eigenvalue weighted by molar-refractivity contribution is -0.138. The van der Waals surface area contributed by atoms with E-state index < -0.39 is 10.0 Å². The zero-order valence-corrected chi connectivity index (χ0v) is 17.4. The fraction of sp³-hybridized carbons (Fsp3) is 0.650. The number of sulfonamides is 1. The van der Waals surface area contributed by atoms with E-state index in [4.69, 9.17) is 0 Å². The number of amides is 1. The molecule has 0 radical (unpaired) electrons. The van der Waals surface area contributed by atoms with Crippen molar-refractivity contribution in [2.75, 3.05) is 39.3 Å². The number of likely N-dealkylation sites (tertiary alicyclic amines) is 1. The molecule has 1 aromatic rings. The molecule has 2 fully saturated rings. The van der Waals surface area contributed by atoms with Crippen LogP contribution in [0.3, 0.4) is 0 Å².